The molecule has 35 heavy (non-hydrogen) atoms. The number of hydrogen-bond acceptors (Lipinski definition) is 6. The van der Waals surface area contributed by atoms with Gasteiger partial charge in [-0.2, -0.15) is 0 Å². The Morgan fingerprint density at radius 2 is 1.60 bits per heavy atom. The van der Waals surface area contributed by atoms with Crippen LogP contribution < -0.4 is 10.5 Å². The molecule has 0 atom stereocenters. The Morgan fingerprint density at radius 3 is 2.17 bits per heavy atom. The molecule has 2 N–H and O–H groups in total. The van der Waals surface area contributed by atoms with Gasteiger partial charge < -0.3 is 19.9 Å². The van der Waals surface area contributed by atoms with E-state index in [1.807, 2.05) is 37.3 Å². The number of amides is 1. The topological polar surface area (TPSA) is 105 Å². The van der Waals surface area contributed by atoms with Crippen LogP contribution in [-0.4, -0.2) is 37.7 Å². The van der Waals surface area contributed by atoms with Crippen molar-refractivity contribution in [3.63, 3.8) is 0 Å². The number of ether oxygens (including phenoxy) is 3. The third-order valence-corrected chi connectivity index (χ3v) is 5.85. The Balaban J connectivity index is 2.21. The van der Waals surface area contributed by atoms with Crippen molar-refractivity contribution >= 4 is 17.8 Å². The van der Waals surface area contributed by atoms with Crippen LogP contribution >= 0.6 is 0 Å². The van der Waals surface area contributed by atoms with Crippen LogP contribution in [0.25, 0.3) is 11.1 Å². The number of carbonyl (C=O) groups is 3. The molecular formula is C28H37NO6. The fourth-order valence-corrected chi connectivity index (χ4v) is 3.89. The van der Waals surface area contributed by atoms with Gasteiger partial charge in [0.25, 0.3) is 0 Å². The molecule has 0 spiro atoms. The van der Waals surface area contributed by atoms with Gasteiger partial charge in [-0.15, -0.1) is 0 Å². The fraction of sp³-hybridized carbons (Fsp3) is 0.464. The quantitative estimate of drug-likeness (QED) is 0.307. The van der Waals surface area contributed by atoms with Crippen LogP contribution in [0.1, 0.15) is 57.6 Å². The number of carbonyl (C=O) groups excluding carboxylic acids is 3. The number of nitrogens with two attached hydrogens (primary N) is 1. The Kier molecular flexibility index (Phi) is 10.8. The molecule has 2 aromatic carbocycles. The summed E-state index contributed by atoms with van der Waals surface area (Å²) in [4.78, 5) is 34.7. The molecule has 2 aromatic rings. The molecule has 0 saturated carbocycles. The normalized spacial score (nSPS) is 11.1. The second-order valence-electron chi connectivity index (χ2n) is 9.09. The maximum Gasteiger partial charge on any atom is 0.302 e. The van der Waals surface area contributed by atoms with Crippen LogP contribution in [0.15, 0.2) is 42.5 Å². The lowest BCUT2D eigenvalue weighted by atomic mass is 9.80. The van der Waals surface area contributed by atoms with E-state index >= 15 is 0 Å². The molecule has 190 valence electrons. The minimum absolute atomic E-state index is 0.0586. The molecule has 0 fully saturated rings. The van der Waals surface area contributed by atoms with Crippen molar-refractivity contribution in [1.29, 1.82) is 0 Å². The Bertz CT molecular complexity index is 998. The van der Waals surface area contributed by atoms with Gasteiger partial charge in [-0.05, 0) is 60.6 Å². The monoisotopic (exact) mass is 483 g/mol. The summed E-state index contributed by atoms with van der Waals surface area (Å²) in [6.45, 7) is 7.36. The van der Waals surface area contributed by atoms with Crippen molar-refractivity contribution in [2.75, 3.05) is 19.8 Å². The highest BCUT2D eigenvalue weighted by Gasteiger charge is 2.35. The summed E-state index contributed by atoms with van der Waals surface area (Å²) in [7, 11) is 0. The molecular weight excluding hydrogens is 446 g/mol. The molecule has 0 heterocycles. The SMILES string of the molecule is CCCCOc1ccc(-c2cccc(CCC(COC(C)=O)(COC(C)=O)CC(N)=O)c2)cc1C. The zero-order chi connectivity index (χ0) is 25.8. The first kappa shape index (κ1) is 27.9. The lowest BCUT2D eigenvalue weighted by Crippen LogP contribution is -2.38. The van der Waals surface area contributed by atoms with E-state index < -0.39 is 23.3 Å². The lowest BCUT2D eigenvalue weighted by molar-refractivity contribution is -0.154. The predicted molar refractivity (Wildman–Crippen MR) is 135 cm³/mol. The minimum Gasteiger partial charge on any atom is -0.493 e. The van der Waals surface area contributed by atoms with Crippen molar-refractivity contribution in [3.05, 3.63) is 53.6 Å². The highest BCUT2D eigenvalue weighted by Crippen LogP contribution is 2.32. The van der Waals surface area contributed by atoms with E-state index in [4.69, 9.17) is 19.9 Å². The average molecular weight is 484 g/mol. The second kappa shape index (κ2) is 13.5. The molecule has 0 aliphatic carbocycles. The number of esters is 2. The first-order valence-electron chi connectivity index (χ1n) is 12.0. The van der Waals surface area contributed by atoms with Crippen molar-refractivity contribution < 1.29 is 28.6 Å². The summed E-state index contributed by atoms with van der Waals surface area (Å²) >= 11 is 0. The first-order valence-corrected chi connectivity index (χ1v) is 12.0. The molecule has 0 aliphatic heterocycles. The maximum absolute atomic E-state index is 11.8. The number of hydrogen-bond donors (Lipinski definition) is 1. The van der Waals surface area contributed by atoms with E-state index in [1.54, 1.807) is 0 Å². The molecule has 2 rings (SSSR count). The Morgan fingerprint density at radius 1 is 0.943 bits per heavy atom. The minimum atomic E-state index is -0.896. The summed E-state index contributed by atoms with van der Waals surface area (Å²) in [5.41, 5.74) is 8.86. The van der Waals surface area contributed by atoms with E-state index in [9.17, 15) is 14.4 Å². The molecule has 0 aromatic heterocycles. The van der Waals surface area contributed by atoms with E-state index in [1.165, 1.54) is 13.8 Å². The van der Waals surface area contributed by atoms with Gasteiger partial charge in [0.15, 0.2) is 0 Å². The van der Waals surface area contributed by atoms with E-state index in [-0.39, 0.29) is 19.6 Å². The molecule has 7 nitrogen and oxygen atoms in total. The van der Waals surface area contributed by atoms with Crippen molar-refractivity contribution in [2.24, 2.45) is 11.1 Å². The van der Waals surface area contributed by atoms with Gasteiger partial charge in [-0.25, -0.2) is 0 Å². The first-order chi connectivity index (χ1) is 16.6. The molecule has 0 bridgehead atoms. The van der Waals surface area contributed by atoms with E-state index in [2.05, 4.69) is 19.1 Å². The summed E-state index contributed by atoms with van der Waals surface area (Å²) in [5.74, 6) is -0.595. The second-order valence-corrected chi connectivity index (χ2v) is 9.09. The number of unbranched alkanes of at least 4 members (excludes halogenated alkanes) is 1. The van der Waals surface area contributed by atoms with Crippen LogP contribution in [0.5, 0.6) is 5.75 Å². The molecule has 0 aliphatic rings. The summed E-state index contributed by atoms with van der Waals surface area (Å²) in [6, 6.07) is 14.3. The van der Waals surface area contributed by atoms with Gasteiger partial charge in [0.2, 0.25) is 5.91 Å². The van der Waals surface area contributed by atoms with Crippen LogP contribution in [0, 0.1) is 12.3 Å². The van der Waals surface area contributed by atoms with Crippen LogP contribution in [-0.2, 0) is 30.3 Å². The standard InChI is InChI=1S/C28H37NO6/c1-5-6-14-33-26-11-10-25(15-20(26)2)24-9-7-8-23(16-24)12-13-28(17-27(29)32,18-34-21(3)30)19-35-22(4)31/h7-11,15-16H,5-6,12-14,17-19H2,1-4H3,(H2,29,32). The van der Waals surface area contributed by atoms with Gasteiger partial charge in [0.1, 0.15) is 19.0 Å². The molecule has 7 heteroatoms. The van der Waals surface area contributed by atoms with Gasteiger partial charge in [-0.3, -0.25) is 14.4 Å². The van der Waals surface area contributed by atoms with E-state index in [0.29, 0.717) is 19.4 Å². The smallest absolute Gasteiger partial charge is 0.302 e. The third kappa shape index (κ3) is 9.43. The fourth-order valence-electron chi connectivity index (χ4n) is 3.89. The molecule has 0 saturated heterocycles. The number of rotatable bonds is 14. The van der Waals surface area contributed by atoms with Crippen molar-refractivity contribution in [1.82, 2.24) is 0 Å². The zero-order valence-electron chi connectivity index (χ0n) is 21.2. The van der Waals surface area contributed by atoms with Gasteiger partial charge in [0.05, 0.1) is 6.61 Å². The van der Waals surface area contributed by atoms with Crippen LogP contribution in [0.3, 0.4) is 0 Å². The van der Waals surface area contributed by atoms with Crippen molar-refractivity contribution in [2.45, 2.75) is 59.8 Å². The molecule has 0 radical (unpaired) electrons. The summed E-state index contributed by atoms with van der Waals surface area (Å²) < 4.78 is 16.3. The Hall–Kier alpha value is -3.35. The van der Waals surface area contributed by atoms with Gasteiger partial charge in [-0.1, -0.05) is 43.7 Å². The van der Waals surface area contributed by atoms with Crippen LogP contribution in [0.4, 0.5) is 0 Å². The predicted octanol–water partition coefficient (Wildman–Crippen LogP) is 4.76. The Labute approximate surface area is 207 Å². The van der Waals surface area contributed by atoms with Crippen LogP contribution in [0.2, 0.25) is 0 Å². The number of aryl methyl sites for hydroxylation is 2. The number of primary amides is 1. The largest absolute Gasteiger partial charge is 0.493 e. The summed E-state index contributed by atoms with van der Waals surface area (Å²) in [6.07, 6.45) is 3.08. The van der Waals surface area contributed by atoms with Gasteiger partial charge in [0, 0.05) is 25.7 Å². The third-order valence-electron chi connectivity index (χ3n) is 5.85. The number of benzene rings is 2. The lowest BCUT2D eigenvalue weighted by Gasteiger charge is -2.31. The molecule has 1 amide bonds. The zero-order valence-corrected chi connectivity index (χ0v) is 21.2. The van der Waals surface area contributed by atoms with Crippen molar-refractivity contribution in [3.8, 4) is 16.9 Å². The summed E-state index contributed by atoms with van der Waals surface area (Å²) in [5, 5.41) is 0. The molecule has 0 unspecified atom stereocenters. The highest BCUT2D eigenvalue weighted by atomic mass is 16.5. The van der Waals surface area contributed by atoms with E-state index in [0.717, 1.165) is 40.8 Å². The maximum atomic E-state index is 11.8. The highest BCUT2D eigenvalue weighted by molar-refractivity contribution is 5.75. The average Bonchev–Trinajstić information content (AvgIpc) is 2.81. The van der Waals surface area contributed by atoms with Gasteiger partial charge >= 0.3 is 11.9 Å².